The third-order valence-corrected chi connectivity index (χ3v) is 3.98. The van der Waals surface area contributed by atoms with Gasteiger partial charge >= 0.3 is 0 Å². The lowest BCUT2D eigenvalue weighted by Crippen LogP contribution is -2.02. The van der Waals surface area contributed by atoms with Crippen molar-refractivity contribution in [1.82, 2.24) is 0 Å². The highest BCUT2D eigenvalue weighted by Gasteiger charge is 2.11. The zero-order valence-corrected chi connectivity index (χ0v) is 12.0. The number of aryl methyl sites for hydroxylation is 2. The van der Waals surface area contributed by atoms with Crippen LogP contribution < -0.4 is 4.74 Å². The molecule has 0 saturated heterocycles. The highest BCUT2D eigenvalue weighted by Crippen LogP contribution is 2.31. The average Bonchev–Trinajstić information content (AvgIpc) is 2.49. The fourth-order valence-electron chi connectivity index (χ4n) is 2.67. The van der Waals surface area contributed by atoms with E-state index in [4.69, 9.17) is 16.3 Å². The Kier molecular flexibility index (Phi) is 3.95. The first-order chi connectivity index (χ1) is 9.76. The predicted octanol–water partition coefficient (Wildman–Crippen LogP) is 4.50. The van der Waals surface area contributed by atoms with Gasteiger partial charge in [-0.05, 0) is 67.1 Å². The molecule has 2 nitrogen and oxygen atoms in total. The summed E-state index contributed by atoms with van der Waals surface area (Å²) in [6.45, 7) is -0.0825. The van der Waals surface area contributed by atoms with Gasteiger partial charge in [0.2, 0.25) is 0 Å². The fourth-order valence-corrected chi connectivity index (χ4v) is 2.87. The molecule has 3 heteroatoms. The van der Waals surface area contributed by atoms with Crippen LogP contribution in [-0.4, -0.2) is 5.11 Å². The summed E-state index contributed by atoms with van der Waals surface area (Å²) < 4.78 is 5.90. The number of ether oxygens (including phenoxy) is 1. The van der Waals surface area contributed by atoms with Crippen LogP contribution in [0.4, 0.5) is 0 Å². The van der Waals surface area contributed by atoms with Gasteiger partial charge in [0.25, 0.3) is 0 Å². The van der Waals surface area contributed by atoms with E-state index in [1.54, 1.807) is 18.2 Å². The molecule has 0 spiro atoms. The second-order valence-corrected chi connectivity index (χ2v) is 5.59. The molecular formula is C17H17ClO2. The molecule has 2 aromatic rings. The Labute approximate surface area is 124 Å². The van der Waals surface area contributed by atoms with Crippen molar-refractivity contribution in [3.63, 3.8) is 0 Å². The number of rotatable bonds is 3. The van der Waals surface area contributed by atoms with Crippen LogP contribution in [0.2, 0.25) is 5.02 Å². The van der Waals surface area contributed by atoms with Crippen LogP contribution in [-0.2, 0) is 19.4 Å². The number of aliphatic hydroxyl groups is 1. The third kappa shape index (κ3) is 2.82. The molecule has 0 fully saturated rings. The quantitative estimate of drug-likeness (QED) is 0.901. The summed E-state index contributed by atoms with van der Waals surface area (Å²) in [5.74, 6) is 1.48. The lowest BCUT2D eigenvalue weighted by Gasteiger charge is -2.17. The highest BCUT2D eigenvalue weighted by atomic mass is 35.5. The molecule has 0 aromatic heterocycles. The van der Waals surface area contributed by atoms with E-state index in [-0.39, 0.29) is 6.61 Å². The van der Waals surface area contributed by atoms with Crippen LogP contribution >= 0.6 is 11.6 Å². The van der Waals surface area contributed by atoms with Crippen LogP contribution in [0.5, 0.6) is 11.5 Å². The van der Waals surface area contributed by atoms with Gasteiger partial charge in [-0.15, -0.1) is 0 Å². The molecule has 1 N–H and O–H groups in total. The summed E-state index contributed by atoms with van der Waals surface area (Å²) in [5.41, 5.74) is 3.52. The van der Waals surface area contributed by atoms with E-state index in [0.717, 1.165) is 12.2 Å². The number of benzene rings is 2. The molecule has 1 aliphatic carbocycles. The molecule has 0 atom stereocenters. The van der Waals surface area contributed by atoms with Crippen molar-refractivity contribution in [2.75, 3.05) is 0 Å². The smallest absolute Gasteiger partial charge is 0.133 e. The van der Waals surface area contributed by atoms with Crippen LogP contribution in [0.3, 0.4) is 0 Å². The summed E-state index contributed by atoms with van der Waals surface area (Å²) in [6, 6.07) is 11.6. The Morgan fingerprint density at radius 2 is 1.80 bits per heavy atom. The molecule has 1 aliphatic rings. The monoisotopic (exact) mass is 288 g/mol. The van der Waals surface area contributed by atoms with Gasteiger partial charge in [0.05, 0.1) is 6.61 Å². The zero-order valence-electron chi connectivity index (χ0n) is 11.2. The Morgan fingerprint density at radius 1 is 1.00 bits per heavy atom. The van der Waals surface area contributed by atoms with Crippen molar-refractivity contribution >= 4 is 11.6 Å². The summed E-state index contributed by atoms with van der Waals surface area (Å²) in [6.07, 6.45) is 4.82. The lowest BCUT2D eigenvalue weighted by molar-refractivity contribution is 0.276. The van der Waals surface area contributed by atoms with E-state index in [1.807, 2.05) is 6.07 Å². The molecular weight excluding hydrogens is 272 g/mol. The van der Waals surface area contributed by atoms with E-state index in [9.17, 15) is 5.11 Å². The predicted molar refractivity (Wildman–Crippen MR) is 80.5 cm³/mol. The summed E-state index contributed by atoms with van der Waals surface area (Å²) in [5, 5.41) is 9.98. The molecule has 2 aromatic carbocycles. The second kappa shape index (κ2) is 5.86. The Bertz CT molecular complexity index is 622. The first kappa shape index (κ1) is 13.5. The van der Waals surface area contributed by atoms with Gasteiger partial charge in [-0.1, -0.05) is 17.7 Å². The van der Waals surface area contributed by atoms with E-state index < -0.39 is 0 Å². The number of fused-ring (bicyclic) bond motifs is 1. The highest BCUT2D eigenvalue weighted by molar-refractivity contribution is 6.30. The van der Waals surface area contributed by atoms with E-state index >= 15 is 0 Å². The average molecular weight is 289 g/mol. The van der Waals surface area contributed by atoms with Crippen LogP contribution in [0.15, 0.2) is 36.4 Å². The molecule has 0 saturated carbocycles. The first-order valence-electron chi connectivity index (χ1n) is 6.95. The molecule has 3 rings (SSSR count). The Balaban J connectivity index is 1.87. The number of hydrogen-bond acceptors (Lipinski definition) is 2. The Hall–Kier alpha value is -1.51. The van der Waals surface area contributed by atoms with Gasteiger partial charge in [-0.3, -0.25) is 0 Å². The van der Waals surface area contributed by atoms with Gasteiger partial charge in [0.1, 0.15) is 11.5 Å². The van der Waals surface area contributed by atoms with Crippen LogP contribution in [0, 0.1) is 0 Å². The van der Waals surface area contributed by atoms with Gasteiger partial charge < -0.3 is 9.84 Å². The number of hydrogen-bond donors (Lipinski definition) is 1. The number of aliphatic hydroxyl groups excluding tert-OH is 1. The summed E-state index contributed by atoms with van der Waals surface area (Å²) in [4.78, 5) is 0. The minimum Gasteiger partial charge on any atom is -0.457 e. The molecule has 0 bridgehead atoms. The lowest BCUT2D eigenvalue weighted by atomic mass is 9.92. The number of halogens is 1. The van der Waals surface area contributed by atoms with E-state index in [1.165, 1.54) is 30.4 Å². The maximum atomic E-state index is 9.37. The normalized spacial score (nSPS) is 13.9. The first-order valence-corrected chi connectivity index (χ1v) is 7.33. The van der Waals surface area contributed by atoms with Crippen molar-refractivity contribution in [2.45, 2.75) is 32.3 Å². The van der Waals surface area contributed by atoms with Crippen molar-refractivity contribution in [3.05, 3.63) is 58.1 Å². The fraction of sp³-hybridized carbons (Fsp3) is 0.294. The molecule has 0 unspecified atom stereocenters. The van der Waals surface area contributed by atoms with Crippen LogP contribution in [0.25, 0.3) is 0 Å². The topological polar surface area (TPSA) is 29.5 Å². The third-order valence-electron chi connectivity index (χ3n) is 3.74. The zero-order chi connectivity index (χ0) is 13.9. The van der Waals surface area contributed by atoms with Crippen molar-refractivity contribution in [1.29, 1.82) is 0 Å². The van der Waals surface area contributed by atoms with Gasteiger partial charge in [-0.2, -0.15) is 0 Å². The summed E-state index contributed by atoms with van der Waals surface area (Å²) in [7, 11) is 0. The van der Waals surface area contributed by atoms with Gasteiger partial charge in [-0.25, -0.2) is 0 Å². The standard InChI is InChI=1S/C17H17ClO2/c18-15-6-8-17(14(9-15)11-19)20-16-7-5-12-3-1-2-4-13(12)10-16/h5-10,19H,1-4,11H2. The summed E-state index contributed by atoms with van der Waals surface area (Å²) >= 11 is 5.93. The molecule has 0 aliphatic heterocycles. The molecule has 20 heavy (non-hydrogen) atoms. The molecule has 0 amide bonds. The maximum absolute atomic E-state index is 9.37. The minimum atomic E-state index is -0.0825. The largest absolute Gasteiger partial charge is 0.457 e. The van der Waals surface area contributed by atoms with Crippen molar-refractivity contribution in [2.24, 2.45) is 0 Å². The van der Waals surface area contributed by atoms with Gasteiger partial charge in [0.15, 0.2) is 0 Å². The molecule has 0 radical (unpaired) electrons. The van der Waals surface area contributed by atoms with E-state index in [0.29, 0.717) is 16.3 Å². The van der Waals surface area contributed by atoms with Crippen molar-refractivity contribution < 1.29 is 9.84 Å². The molecule has 104 valence electrons. The van der Waals surface area contributed by atoms with Crippen LogP contribution in [0.1, 0.15) is 29.5 Å². The SMILES string of the molecule is OCc1cc(Cl)ccc1Oc1ccc2c(c1)CCCC2. The minimum absolute atomic E-state index is 0.0825. The Morgan fingerprint density at radius 3 is 2.60 bits per heavy atom. The van der Waals surface area contributed by atoms with Gasteiger partial charge in [0, 0.05) is 10.6 Å². The maximum Gasteiger partial charge on any atom is 0.133 e. The molecule has 0 heterocycles. The second-order valence-electron chi connectivity index (χ2n) is 5.15. The van der Waals surface area contributed by atoms with E-state index in [2.05, 4.69) is 12.1 Å². The van der Waals surface area contributed by atoms with Crippen molar-refractivity contribution in [3.8, 4) is 11.5 Å².